The summed E-state index contributed by atoms with van der Waals surface area (Å²) in [7, 11) is 0. The van der Waals surface area contributed by atoms with E-state index >= 15 is 0 Å². The maximum atomic E-state index is 13.5. The molecule has 2 rings (SSSR count). The third-order valence-corrected chi connectivity index (χ3v) is 3.81. The van der Waals surface area contributed by atoms with Gasteiger partial charge in [-0.3, -0.25) is 0 Å². The highest BCUT2D eigenvalue weighted by atomic mass is 19.4. The molecular weight excluding hydrogens is 305 g/mol. The van der Waals surface area contributed by atoms with Gasteiger partial charge in [0.2, 0.25) is 0 Å². The van der Waals surface area contributed by atoms with Crippen LogP contribution in [0.15, 0.2) is 12.1 Å². The van der Waals surface area contributed by atoms with Gasteiger partial charge in [0.15, 0.2) is 0 Å². The van der Waals surface area contributed by atoms with Gasteiger partial charge in [0.05, 0.1) is 12.1 Å². The summed E-state index contributed by atoms with van der Waals surface area (Å²) in [6.45, 7) is 2.95. The summed E-state index contributed by atoms with van der Waals surface area (Å²) in [5, 5.41) is 9.83. The van der Waals surface area contributed by atoms with E-state index in [0.717, 1.165) is 6.07 Å². The van der Waals surface area contributed by atoms with Gasteiger partial charge >= 0.3 is 6.18 Å². The molecule has 0 bridgehead atoms. The van der Waals surface area contributed by atoms with E-state index < -0.39 is 30.0 Å². The van der Waals surface area contributed by atoms with Gasteiger partial charge in [0, 0.05) is 18.7 Å². The van der Waals surface area contributed by atoms with Crippen LogP contribution in [-0.2, 0) is 6.18 Å². The number of benzene rings is 1. The minimum Gasteiger partial charge on any atom is -0.507 e. The van der Waals surface area contributed by atoms with E-state index in [9.17, 15) is 27.1 Å². The van der Waals surface area contributed by atoms with Crippen LogP contribution in [0.2, 0.25) is 0 Å². The minimum atomic E-state index is -4.73. The molecule has 1 fully saturated rings. The number of rotatable bonds is 2. The van der Waals surface area contributed by atoms with Crippen LogP contribution in [0.4, 0.5) is 27.6 Å². The lowest BCUT2D eigenvalue weighted by atomic mass is 9.96. The number of piperidine rings is 1. The molecule has 124 valence electrons. The van der Waals surface area contributed by atoms with Crippen molar-refractivity contribution in [3.63, 3.8) is 0 Å². The first-order valence-corrected chi connectivity index (χ1v) is 7.08. The lowest BCUT2D eigenvalue weighted by Gasteiger charge is -2.35. The normalized spacial score (nSPS) is 18.8. The van der Waals surface area contributed by atoms with Crippen molar-refractivity contribution in [1.29, 1.82) is 0 Å². The molecular formula is C15H18F5NO. The zero-order valence-electron chi connectivity index (χ0n) is 12.3. The fourth-order valence-corrected chi connectivity index (χ4v) is 2.67. The third kappa shape index (κ3) is 3.44. The molecule has 22 heavy (non-hydrogen) atoms. The molecule has 1 heterocycles. The summed E-state index contributed by atoms with van der Waals surface area (Å²) in [6, 6.07) is 2.12. The average Bonchev–Trinajstić information content (AvgIpc) is 2.35. The fourth-order valence-electron chi connectivity index (χ4n) is 2.67. The van der Waals surface area contributed by atoms with Gasteiger partial charge in [-0.1, -0.05) is 13.8 Å². The maximum Gasteiger partial charge on any atom is 0.420 e. The second kappa shape index (κ2) is 5.59. The Bertz CT molecular complexity index is 554. The van der Waals surface area contributed by atoms with E-state index in [-0.39, 0.29) is 36.6 Å². The minimum absolute atomic E-state index is 0.0770. The van der Waals surface area contributed by atoms with Crippen LogP contribution in [0.5, 0.6) is 5.75 Å². The number of aromatic hydroxyl groups is 1. The van der Waals surface area contributed by atoms with E-state index in [4.69, 9.17) is 0 Å². The van der Waals surface area contributed by atoms with Crippen molar-refractivity contribution in [3.05, 3.63) is 23.3 Å². The Morgan fingerprint density at radius 2 is 1.86 bits per heavy atom. The maximum absolute atomic E-state index is 13.5. The van der Waals surface area contributed by atoms with E-state index in [1.807, 2.05) is 0 Å². The molecule has 1 aliphatic heterocycles. The Kier molecular flexibility index (Phi) is 4.28. The Labute approximate surface area is 125 Å². The van der Waals surface area contributed by atoms with Gasteiger partial charge in [-0.15, -0.1) is 0 Å². The molecule has 0 spiro atoms. The Morgan fingerprint density at radius 3 is 2.36 bits per heavy atom. The molecule has 1 aromatic rings. The lowest BCUT2D eigenvalue weighted by Crippen LogP contribution is -2.42. The molecule has 0 radical (unpaired) electrons. The van der Waals surface area contributed by atoms with Crippen LogP contribution in [0, 0.1) is 0 Å². The lowest BCUT2D eigenvalue weighted by molar-refractivity contribution is -0.138. The van der Waals surface area contributed by atoms with Crippen LogP contribution in [-0.4, -0.2) is 24.1 Å². The van der Waals surface area contributed by atoms with E-state index in [2.05, 4.69) is 0 Å². The molecule has 0 saturated carbocycles. The molecule has 1 aromatic carbocycles. The largest absolute Gasteiger partial charge is 0.507 e. The van der Waals surface area contributed by atoms with Gasteiger partial charge in [-0.2, -0.15) is 13.2 Å². The number of alkyl halides is 5. The second-order valence-corrected chi connectivity index (χ2v) is 5.96. The molecule has 1 N–H and O–H groups in total. The Hall–Kier alpha value is -1.53. The van der Waals surface area contributed by atoms with Crippen molar-refractivity contribution < 1.29 is 27.1 Å². The Morgan fingerprint density at radius 1 is 1.23 bits per heavy atom. The predicted octanol–water partition coefficient (Wildman–Crippen LogP) is 4.77. The molecule has 1 aliphatic rings. The van der Waals surface area contributed by atoms with Crippen LogP contribution < -0.4 is 4.90 Å². The van der Waals surface area contributed by atoms with Gasteiger partial charge in [0.25, 0.3) is 5.92 Å². The molecule has 0 unspecified atom stereocenters. The summed E-state index contributed by atoms with van der Waals surface area (Å²) in [5.41, 5.74) is -0.991. The van der Waals surface area contributed by atoms with Gasteiger partial charge in [0.1, 0.15) is 5.75 Å². The summed E-state index contributed by atoms with van der Waals surface area (Å²) < 4.78 is 66.2. The molecule has 0 aliphatic carbocycles. The average molecular weight is 323 g/mol. The third-order valence-electron chi connectivity index (χ3n) is 3.81. The monoisotopic (exact) mass is 323 g/mol. The summed E-state index contributed by atoms with van der Waals surface area (Å²) >= 11 is 0. The molecule has 0 aromatic heterocycles. The standard InChI is InChI=1S/C15H18F5NO/c1-9(2)11-6-10(7-12(13(11)22)15(18,19)20)21-5-3-4-14(16,17)8-21/h6-7,9,22H,3-5,8H2,1-2H3. The van der Waals surface area contributed by atoms with Gasteiger partial charge < -0.3 is 10.0 Å². The van der Waals surface area contributed by atoms with E-state index in [1.54, 1.807) is 13.8 Å². The summed E-state index contributed by atoms with van der Waals surface area (Å²) in [6.07, 6.45) is -4.78. The number of hydrogen-bond acceptors (Lipinski definition) is 2. The van der Waals surface area contributed by atoms with Crippen molar-refractivity contribution in [2.24, 2.45) is 0 Å². The quantitative estimate of drug-likeness (QED) is 0.793. The van der Waals surface area contributed by atoms with Crippen molar-refractivity contribution >= 4 is 5.69 Å². The highest BCUT2D eigenvalue weighted by Gasteiger charge is 2.39. The smallest absolute Gasteiger partial charge is 0.420 e. The zero-order chi connectivity index (χ0) is 16.7. The van der Waals surface area contributed by atoms with E-state index in [1.165, 1.54) is 11.0 Å². The highest BCUT2D eigenvalue weighted by Crippen LogP contribution is 2.43. The second-order valence-electron chi connectivity index (χ2n) is 5.96. The molecule has 7 heteroatoms. The topological polar surface area (TPSA) is 23.5 Å². The zero-order valence-corrected chi connectivity index (χ0v) is 12.3. The Balaban J connectivity index is 2.50. The first kappa shape index (κ1) is 16.8. The first-order valence-electron chi connectivity index (χ1n) is 7.08. The van der Waals surface area contributed by atoms with Crippen LogP contribution in [0.1, 0.15) is 43.7 Å². The number of nitrogens with zero attached hydrogens (tertiary/aromatic N) is 1. The van der Waals surface area contributed by atoms with Crippen LogP contribution in [0.25, 0.3) is 0 Å². The van der Waals surface area contributed by atoms with Crippen molar-refractivity contribution in [3.8, 4) is 5.75 Å². The molecule has 0 atom stereocenters. The van der Waals surface area contributed by atoms with Crippen LogP contribution >= 0.6 is 0 Å². The molecule has 0 amide bonds. The molecule has 1 saturated heterocycles. The number of phenols is 1. The van der Waals surface area contributed by atoms with Crippen molar-refractivity contribution in [2.45, 2.75) is 44.7 Å². The van der Waals surface area contributed by atoms with Crippen LogP contribution in [0.3, 0.4) is 0 Å². The number of hydrogen-bond donors (Lipinski definition) is 1. The van der Waals surface area contributed by atoms with Gasteiger partial charge in [-0.25, -0.2) is 8.78 Å². The summed E-state index contributed by atoms with van der Waals surface area (Å²) in [4.78, 5) is 1.25. The van der Waals surface area contributed by atoms with E-state index in [0.29, 0.717) is 0 Å². The first-order chi connectivity index (χ1) is 10.0. The highest BCUT2D eigenvalue weighted by molar-refractivity contribution is 5.59. The molecule has 2 nitrogen and oxygen atoms in total. The van der Waals surface area contributed by atoms with Crippen molar-refractivity contribution in [1.82, 2.24) is 0 Å². The number of halogens is 5. The SMILES string of the molecule is CC(C)c1cc(N2CCCC(F)(F)C2)cc(C(F)(F)F)c1O. The predicted molar refractivity (Wildman–Crippen MR) is 73.6 cm³/mol. The number of anilines is 1. The fraction of sp³-hybridized carbons (Fsp3) is 0.600. The van der Waals surface area contributed by atoms with Crippen molar-refractivity contribution in [2.75, 3.05) is 18.0 Å². The number of phenolic OH excluding ortho intramolecular Hbond substituents is 1. The van der Waals surface area contributed by atoms with Gasteiger partial charge in [-0.05, 0) is 30.0 Å². The summed E-state index contributed by atoms with van der Waals surface area (Å²) in [5.74, 6) is -4.09.